The van der Waals surface area contributed by atoms with Gasteiger partial charge in [0.2, 0.25) is 5.71 Å². The first kappa shape index (κ1) is 19.9. The molecule has 0 aliphatic heterocycles. The third kappa shape index (κ3) is 3.03. The summed E-state index contributed by atoms with van der Waals surface area (Å²) in [5, 5.41) is 5.40. The van der Waals surface area contributed by atoms with E-state index < -0.39 is 0 Å². The molecule has 0 spiro atoms. The van der Waals surface area contributed by atoms with Crippen molar-refractivity contribution in [3.05, 3.63) is 102 Å². The van der Waals surface area contributed by atoms with Crippen molar-refractivity contribution >= 4 is 43.7 Å². The van der Waals surface area contributed by atoms with E-state index in [1.165, 1.54) is 10.9 Å². The molecule has 7 rings (SSSR count). The lowest BCUT2D eigenvalue weighted by Crippen LogP contribution is -1.95. The highest BCUT2D eigenvalue weighted by molar-refractivity contribution is 6.14. The topological polar surface area (TPSA) is 51.8 Å². The fraction of sp³-hybridized carbons (Fsp3) is 0.0645. The summed E-state index contributed by atoms with van der Waals surface area (Å²) in [4.78, 5) is 14.6. The lowest BCUT2D eigenvalue weighted by atomic mass is 9.98. The Hall–Kier alpha value is -4.57. The van der Waals surface area contributed by atoms with Crippen molar-refractivity contribution in [2.45, 2.75) is 13.8 Å². The van der Waals surface area contributed by atoms with Crippen LogP contribution in [0.1, 0.15) is 11.4 Å². The second-order valence-electron chi connectivity index (χ2n) is 8.95. The summed E-state index contributed by atoms with van der Waals surface area (Å²) >= 11 is 0. The number of benzene rings is 4. The van der Waals surface area contributed by atoms with Gasteiger partial charge in [0.15, 0.2) is 0 Å². The number of pyridine rings is 1. The highest BCUT2D eigenvalue weighted by atomic mass is 16.3. The van der Waals surface area contributed by atoms with Crippen molar-refractivity contribution in [3.63, 3.8) is 0 Å². The second kappa shape index (κ2) is 7.47. The molecule has 4 aromatic carbocycles. The quantitative estimate of drug-likeness (QED) is 0.250. The van der Waals surface area contributed by atoms with E-state index in [1.54, 1.807) is 0 Å². The third-order valence-corrected chi connectivity index (χ3v) is 6.74. The average molecular weight is 452 g/mol. The van der Waals surface area contributed by atoms with E-state index in [9.17, 15) is 0 Å². The summed E-state index contributed by atoms with van der Waals surface area (Å²) in [7, 11) is 0. The maximum Gasteiger partial charge on any atom is 0.227 e. The zero-order valence-corrected chi connectivity index (χ0v) is 19.4. The number of hydrogen-bond donors (Lipinski definition) is 0. The zero-order chi connectivity index (χ0) is 23.5. The minimum atomic E-state index is 0.630. The first-order valence-corrected chi connectivity index (χ1v) is 11.7. The summed E-state index contributed by atoms with van der Waals surface area (Å²) in [6.07, 6.45) is 0. The van der Waals surface area contributed by atoms with Gasteiger partial charge >= 0.3 is 0 Å². The van der Waals surface area contributed by atoms with E-state index in [4.69, 9.17) is 19.4 Å². The van der Waals surface area contributed by atoms with Crippen LogP contribution in [0, 0.1) is 13.8 Å². The highest BCUT2D eigenvalue weighted by Crippen LogP contribution is 2.39. The molecule has 4 nitrogen and oxygen atoms in total. The SMILES string of the molecule is Cc1nc(-c2cccc3c2oc2nc(-c4ccccc4)ccc23)c2ccc3c(C)cccc3c2n1. The van der Waals surface area contributed by atoms with Gasteiger partial charge in [-0.1, -0.05) is 66.7 Å². The van der Waals surface area contributed by atoms with Crippen LogP contribution in [-0.2, 0) is 0 Å². The predicted octanol–water partition coefficient (Wildman–Crippen LogP) is 8.03. The Labute approximate surface area is 201 Å². The van der Waals surface area contributed by atoms with Crippen LogP contribution in [0.3, 0.4) is 0 Å². The number of para-hydroxylation sites is 1. The molecule has 3 heterocycles. The number of hydrogen-bond acceptors (Lipinski definition) is 4. The molecule has 4 heteroatoms. The Balaban J connectivity index is 1.51. The van der Waals surface area contributed by atoms with Crippen molar-refractivity contribution in [2.24, 2.45) is 0 Å². The maximum absolute atomic E-state index is 6.42. The van der Waals surface area contributed by atoms with Crippen molar-refractivity contribution in [3.8, 4) is 22.5 Å². The number of aryl methyl sites for hydroxylation is 2. The summed E-state index contributed by atoms with van der Waals surface area (Å²) < 4.78 is 6.42. The van der Waals surface area contributed by atoms with Crippen LogP contribution in [-0.4, -0.2) is 15.0 Å². The molecule has 3 aromatic heterocycles. The Morgan fingerprint density at radius 3 is 2.23 bits per heavy atom. The molecule has 166 valence electrons. The van der Waals surface area contributed by atoms with Gasteiger partial charge in [0.25, 0.3) is 0 Å². The van der Waals surface area contributed by atoms with Crippen LogP contribution >= 0.6 is 0 Å². The Bertz CT molecular complexity index is 1920. The molecule has 0 aliphatic carbocycles. The molecule has 35 heavy (non-hydrogen) atoms. The number of aromatic nitrogens is 3. The summed E-state index contributed by atoms with van der Waals surface area (Å²) in [6.45, 7) is 4.08. The molecule has 0 unspecified atom stereocenters. The minimum absolute atomic E-state index is 0.630. The van der Waals surface area contributed by atoms with E-state index in [0.29, 0.717) is 5.71 Å². The molecule has 0 saturated carbocycles. The summed E-state index contributed by atoms with van der Waals surface area (Å²) in [5.74, 6) is 0.735. The zero-order valence-electron chi connectivity index (χ0n) is 19.4. The summed E-state index contributed by atoms with van der Waals surface area (Å²) in [6, 6.07) is 31.2. The highest BCUT2D eigenvalue weighted by Gasteiger charge is 2.18. The van der Waals surface area contributed by atoms with Gasteiger partial charge in [-0.15, -0.1) is 0 Å². The number of fused-ring (bicyclic) bond motifs is 6. The fourth-order valence-corrected chi connectivity index (χ4v) is 5.06. The van der Waals surface area contributed by atoms with Crippen LogP contribution in [0.2, 0.25) is 0 Å². The molecule has 0 radical (unpaired) electrons. The predicted molar refractivity (Wildman–Crippen MR) is 142 cm³/mol. The van der Waals surface area contributed by atoms with Crippen LogP contribution in [0.15, 0.2) is 95.4 Å². The molecule has 0 aliphatic rings. The van der Waals surface area contributed by atoms with Crippen molar-refractivity contribution in [1.82, 2.24) is 15.0 Å². The lowest BCUT2D eigenvalue weighted by molar-refractivity contribution is 0.655. The smallest absolute Gasteiger partial charge is 0.227 e. The molecule has 0 amide bonds. The van der Waals surface area contributed by atoms with Gasteiger partial charge in [0, 0.05) is 32.7 Å². The Morgan fingerprint density at radius 2 is 1.34 bits per heavy atom. The first-order valence-electron chi connectivity index (χ1n) is 11.7. The molecule has 0 N–H and O–H groups in total. The Kier molecular flexibility index (Phi) is 4.24. The maximum atomic E-state index is 6.42. The fourth-order valence-electron chi connectivity index (χ4n) is 5.06. The number of nitrogens with zero attached hydrogens (tertiary/aromatic N) is 3. The van der Waals surface area contributed by atoms with Gasteiger partial charge in [0.05, 0.1) is 16.9 Å². The molecule has 7 aromatic rings. The lowest BCUT2D eigenvalue weighted by Gasteiger charge is -2.11. The van der Waals surface area contributed by atoms with E-state index in [1.807, 2.05) is 25.1 Å². The van der Waals surface area contributed by atoms with E-state index in [0.717, 1.165) is 61.0 Å². The Morgan fingerprint density at radius 1 is 0.571 bits per heavy atom. The van der Waals surface area contributed by atoms with Gasteiger partial charge in [-0.25, -0.2) is 15.0 Å². The van der Waals surface area contributed by atoms with Gasteiger partial charge in [-0.2, -0.15) is 0 Å². The third-order valence-electron chi connectivity index (χ3n) is 6.74. The van der Waals surface area contributed by atoms with Gasteiger partial charge < -0.3 is 4.42 Å². The largest absolute Gasteiger partial charge is 0.437 e. The second-order valence-corrected chi connectivity index (χ2v) is 8.95. The van der Waals surface area contributed by atoms with Crippen LogP contribution in [0.4, 0.5) is 0 Å². The van der Waals surface area contributed by atoms with Gasteiger partial charge in [-0.3, -0.25) is 0 Å². The van der Waals surface area contributed by atoms with Crippen molar-refractivity contribution in [2.75, 3.05) is 0 Å². The molecular formula is C31H21N3O. The van der Waals surface area contributed by atoms with Crippen LogP contribution in [0.5, 0.6) is 0 Å². The first-order chi connectivity index (χ1) is 17.2. The normalized spacial score (nSPS) is 11.7. The van der Waals surface area contributed by atoms with Gasteiger partial charge in [-0.05, 0) is 49.1 Å². The van der Waals surface area contributed by atoms with E-state index in [-0.39, 0.29) is 0 Å². The summed E-state index contributed by atoms with van der Waals surface area (Å²) in [5.41, 5.74) is 7.41. The number of furan rings is 1. The molecule has 0 saturated heterocycles. The standard InChI is InChI=1S/C31H21N3O/c1-18-8-6-11-22-21(18)14-15-25-28(22)32-19(2)33-29(25)26-13-7-12-23-24-16-17-27(20-9-4-3-5-10-20)34-31(24)35-30(23)26/h3-17H,1-2H3. The molecule has 0 bridgehead atoms. The van der Waals surface area contributed by atoms with Crippen molar-refractivity contribution < 1.29 is 4.42 Å². The van der Waals surface area contributed by atoms with Gasteiger partial charge in [0.1, 0.15) is 11.4 Å². The van der Waals surface area contributed by atoms with E-state index in [2.05, 4.69) is 79.7 Å². The average Bonchev–Trinajstić information content (AvgIpc) is 3.27. The van der Waals surface area contributed by atoms with Crippen LogP contribution < -0.4 is 0 Å². The molecular weight excluding hydrogens is 430 g/mol. The molecule has 0 fully saturated rings. The minimum Gasteiger partial charge on any atom is -0.437 e. The van der Waals surface area contributed by atoms with Crippen LogP contribution in [0.25, 0.3) is 66.3 Å². The van der Waals surface area contributed by atoms with Crippen molar-refractivity contribution in [1.29, 1.82) is 0 Å². The monoisotopic (exact) mass is 451 g/mol. The number of rotatable bonds is 2. The molecule has 0 atom stereocenters. The van der Waals surface area contributed by atoms with E-state index >= 15 is 0 Å².